The predicted octanol–water partition coefficient (Wildman–Crippen LogP) is 5.69. The number of aromatic nitrogens is 1. The van der Waals surface area contributed by atoms with E-state index >= 15 is 0 Å². The molecular formula is C23H21NO2. The first-order chi connectivity index (χ1) is 12.6. The lowest BCUT2D eigenvalue weighted by atomic mass is 9.98. The molecule has 0 aliphatic heterocycles. The number of pyridine rings is 1. The smallest absolute Gasteiger partial charge is 0.161 e. The fourth-order valence-electron chi connectivity index (χ4n) is 3.37. The second-order valence-electron chi connectivity index (χ2n) is 6.60. The summed E-state index contributed by atoms with van der Waals surface area (Å²) < 4.78 is 11.1. The van der Waals surface area contributed by atoms with Crippen LogP contribution in [0.3, 0.4) is 0 Å². The van der Waals surface area contributed by atoms with E-state index in [0.717, 1.165) is 38.7 Å². The van der Waals surface area contributed by atoms with Gasteiger partial charge in [0.25, 0.3) is 0 Å². The standard InChI is InChI=1S/C23H21NO2/c1-14-5-8-16(9-6-14)23-19-13-22(26-4)21(25-3)12-17(19)18-11-15(2)7-10-20(18)24-23/h5-13H,1-4H3. The number of hydrogen-bond donors (Lipinski definition) is 0. The Morgan fingerprint density at radius 2 is 1.27 bits per heavy atom. The van der Waals surface area contributed by atoms with E-state index in [1.54, 1.807) is 14.2 Å². The summed E-state index contributed by atoms with van der Waals surface area (Å²) in [6.07, 6.45) is 0. The normalized spacial score (nSPS) is 11.1. The summed E-state index contributed by atoms with van der Waals surface area (Å²) in [5, 5.41) is 3.30. The molecule has 3 heteroatoms. The highest BCUT2D eigenvalue weighted by molar-refractivity contribution is 6.12. The molecule has 0 amide bonds. The molecule has 0 fully saturated rings. The number of rotatable bonds is 3. The highest BCUT2D eigenvalue weighted by Gasteiger charge is 2.15. The number of benzene rings is 3. The van der Waals surface area contributed by atoms with E-state index in [-0.39, 0.29) is 0 Å². The number of methoxy groups -OCH3 is 2. The summed E-state index contributed by atoms with van der Waals surface area (Å²) in [5.41, 5.74) is 5.46. The van der Waals surface area contributed by atoms with Crippen molar-refractivity contribution >= 4 is 21.7 Å². The number of fused-ring (bicyclic) bond motifs is 3. The zero-order valence-corrected chi connectivity index (χ0v) is 15.5. The van der Waals surface area contributed by atoms with E-state index in [9.17, 15) is 0 Å². The molecule has 4 rings (SSSR count). The van der Waals surface area contributed by atoms with Crippen LogP contribution in [-0.4, -0.2) is 19.2 Å². The summed E-state index contributed by atoms with van der Waals surface area (Å²) in [6, 6.07) is 18.9. The van der Waals surface area contributed by atoms with Crippen molar-refractivity contribution in [1.29, 1.82) is 0 Å². The predicted molar refractivity (Wildman–Crippen MR) is 107 cm³/mol. The number of nitrogens with zero attached hydrogens (tertiary/aromatic N) is 1. The zero-order chi connectivity index (χ0) is 18.3. The SMILES string of the molecule is COc1cc2c(-c3ccc(C)cc3)nc3ccc(C)cc3c2cc1OC. The van der Waals surface area contributed by atoms with Crippen molar-refractivity contribution in [2.45, 2.75) is 13.8 Å². The molecule has 3 aromatic carbocycles. The summed E-state index contributed by atoms with van der Waals surface area (Å²) in [6.45, 7) is 4.19. The largest absolute Gasteiger partial charge is 0.493 e. The molecule has 0 saturated heterocycles. The third kappa shape index (κ3) is 2.66. The van der Waals surface area contributed by atoms with Gasteiger partial charge in [0.15, 0.2) is 11.5 Å². The fourth-order valence-corrected chi connectivity index (χ4v) is 3.37. The van der Waals surface area contributed by atoms with Crippen LogP contribution in [0.4, 0.5) is 0 Å². The quantitative estimate of drug-likeness (QED) is 0.448. The van der Waals surface area contributed by atoms with E-state index in [4.69, 9.17) is 14.5 Å². The van der Waals surface area contributed by atoms with Gasteiger partial charge in [-0.3, -0.25) is 0 Å². The van der Waals surface area contributed by atoms with Crippen molar-refractivity contribution in [1.82, 2.24) is 4.98 Å². The number of hydrogen-bond acceptors (Lipinski definition) is 3. The Hall–Kier alpha value is -3.07. The van der Waals surface area contributed by atoms with Gasteiger partial charge in [-0.05, 0) is 43.5 Å². The molecule has 0 aliphatic carbocycles. The summed E-state index contributed by atoms with van der Waals surface area (Å²) >= 11 is 0. The van der Waals surface area contributed by atoms with Crippen LogP contribution in [0.15, 0.2) is 54.6 Å². The van der Waals surface area contributed by atoms with Gasteiger partial charge in [0.1, 0.15) is 0 Å². The molecule has 0 saturated carbocycles. The van der Waals surface area contributed by atoms with E-state index in [0.29, 0.717) is 5.75 Å². The molecule has 0 spiro atoms. The molecule has 1 heterocycles. The monoisotopic (exact) mass is 343 g/mol. The van der Waals surface area contributed by atoms with Gasteiger partial charge in [0.2, 0.25) is 0 Å². The lowest BCUT2D eigenvalue weighted by Crippen LogP contribution is -1.94. The van der Waals surface area contributed by atoms with Crippen molar-refractivity contribution in [2.24, 2.45) is 0 Å². The molecule has 26 heavy (non-hydrogen) atoms. The molecule has 0 atom stereocenters. The van der Waals surface area contributed by atoms with Crippen molar-refractivity contribution in [3.05, 3.63) is 65.7 Å². The van der Waals surface area contributed by atoms with E-state index in [1.807, 2.05) is 6.07 Å². The number of aryl methyl sites for hydroxylation is 2. The average Bonchev–Trinajstić information content (AvgIpc) is 2.67. The van der Waals surface area contributed by atoms with Gasteiger partial charge in [-0.25, -0.2) is 4.98 Å². The first-order valence-corrected chi connectivity index (χ1v) is 8.64. The van der Waals surface area contributed by atoms with Crippen molar-refractivity contribution in [3.63, 3.8) is 0 Å². The highest BCUT2D eigenvalue weighted by Crippen LogP contribution is 2.39. The molecule has 130 valence electrons. The van der Waals surface area contributed by atoms with Gasteiger partial charge in [-0.1, -0.05) is 41.5 Å². The minimum atomic E-state index is 0.710. The van der Waals surface area contributed by atoms with Crippen LogP contribution >= 0.6 is 0 Å². The average molecular weight is 343 g/mol. The lowest BCUT2D eigenvalue weighted by molar-refractivity contribution is 0.356. The van der Waals surface area contributed by atoms with Crippen LogP contribution in [0.1, 0.15) is 11.1 Å². The topological polar surface area (TPSA) is 31.4 Å². The van der Waals surface area contributed by atoms with Crippen LogP contribution in [0.2, 0.25) is 0 Å². The Bertz CT molecular complexity index is 1110. The zero-order valence-electron chi connectivity index (χ0n) is 15.5. The van der Waals surface area contributed by atoms with Crippen molar-refractivity contribution in [3.8, 4) is 22.8 Å². The van der Waals surface area contributed by atoms with Crippen LogP contribution in [0.5, 0.6) is 11.5 Å². The third-order valence-electron chi connectivity index (χ3n) is 4.78. The molecule has 0 unspecified atom stereocenters. The second kappa shape index (κ2) is 6.34. The summed E-state index contributed by atoms with van der Waals surface area (Å²) in [7, 11) is 3.33. The van der Waals surface area contributed by atoms with Gasteiger partial charge in [-0.15, -0.1) is 0 Å². The van der Waals surface area contributed by atoms with Crippen LogP contribution in [-0.2, 0) is 0 Å². The molecule has 4 aromatic rings. The first-order valence-electron chi connectivity index (χ1n) is 8.64. The number of ether oxygens (including phenoxy) is 2. The molecule has 1 aromatic heterocycles. The van der Waals surface area contributed by atoms with Gasteiger partial charge >= 0.3 is 0 Å². The molecule has 3 nitrogen and oxygen atoms in total. The van der Waals surface area contributed by atoms with Gasteiger partial charge in [-0.2, -0.15) is 0 Å². The molecular weight excluding hydrogens is 322 g/mol. The second-order valence-corrected chi connectivity index (χ2v) is 6.60. The van der Waals surface area contributed by atoms with Gasteiger partial charge in [0, 0.05) is 16.3 Å². The van der Waals surface area contributed by atoms with E-state index in [2.05, 4.69) is 62.4 Å². The third-order valence-corrected chi connectivity index (χ3v) is 4.78. The Balaban J connectivity index is 2.15. The van der Waals surface area contributed by atoms with E-state index in [1.165, 1.54) is 11.1 Å². The van der Waals surface area contributed by atoms with Crippen molar-refractivity contribution in [2.75, 3.05) is 14.2 Å². The van der Waals surface area contributed by atoms with Crippen LogP contribution < -0.4 is 9.47 Å². The van der Waals surface area contributed by atoms with Gasteiger partial charge in [0.05, 0.1) is 25.4 Å². The van der Waals surface area contributed by atoms with E-state index < -0.39 is 0 Å². The van der Waals surface area contributed by atoms with Gasteiger partial charge < -0.3 is 9.47 Å². The Labute approximate surface area is 153 Å². The Morgan fingerprint density at radius 1 is 0.654 bits per heavy atom. The maximum Gasteiger partial charge on any atom is 0.161 e. The Morgan fingerprint density at radius 3 is 1.92 bits per heavy atom. The van der Waals surface area contributed by atoms with Crippen LogP contribution in [0, 0.1) is 13.8 Å². The molecule has 0 aliphatic rings. The maximum atomic E-state index is 5.54. The summed E-state index contributed by atoms with van der Waals surface area (Å²) in [5.74, 6) is 1.44. The summed E-state index contributed by atoms with van der Waals surface area (Å²) in [4.78, 5) is 4.98. The molecule has 0 N–H and O–H groups in total. The maximum absolute atomic E-state index is 5.54. The van der Waals surface area contributed by atoms with Crippen LogP contribution in [0.25, 0.3) is 32.9 Å². The Kier molecular flexibility index (Phi) is 4.00. The molecule has 0 bridgehead atoms. The minimum absolute atomic E-state index is 0.710. The first kappa shape index (κ1) is 16.4. The molecule has 0 radical (unpaired) electrons. The fraction of sp³-hybridized carbons (Fsp3) is 0.174. The van der Waals surface area contributed by atoms with Crippen molar-refractivity contribution < 1.29 is 9.47 Å². The lowest BCUT2D eigenvalue weighted by Gasteiger charge is -2.14. The minimum Gasteiger partial charge on any atom is -0.493 e. The highest BCUT2D eigenvalue weighted by atomic mass is 16.5.